The molecule has 1 saturated heterocycles. The third-order valence-corrected chi connectivity index (χ3v) is 6.08. The minimum Gasteiger partial charge on any atom is -0.339 e. The first-order valence-electron chi connectivity index (χ1n) is 10.4. The fraction of sp³-hybridized carbons (Fsp3) is 0.292. The number of hydrogen-bond donors (Lipinski definition) is 0. The van der Waals surface area contributed by atoms with Crippen LogP contribution in [0.15, 0.2) is 65.7 Å². The van der Waals surface area contributed by atoms with E-state index in [2.05, 4.69) is 11.9 Å². The molecular weight excluding hydrogens is 376 g/mol. The van der Waals surface area contributed by atoms with Crippen molar-refractivity contribution >= 4 is 22.6 Å². The van der Waals surface area contributed by atoms with Crippen molar-refractivity contribution in [2.45, 2.75) is 26.3 Å². The SMILES string of the molecule is CC1CCN(C(=O)c2cccc(Cn3c(=O)c4cccn4c4cccnc43)c2)CC1. The van der Waals surface area contributed by atoms with Crippen LogP contribution in [0.4, 0.5) is 0 Å². The van der Waals surface area contributed by atoms with Crippen molar-refractivity contribution in [2.24, 2.45) is 5.92 Å². The molecule has 4 heterocycles. The number of rotatable bonds is 3. The molecule has 30 heavy (non-hydrogen) atoms. The normalized spacial score (nSPS) is 15.2. The van der Waals surface area contributed by atoms with Crippen LogP contribution >= 0.6 is 0 Å². The van der Waals surface area contributed by atoms with Crippen molar-refractivity contribution in [3.63, 3.8) is 0 Å². The molecule has 3 aromatic heterocycles. The molecule has 1 fully saturated rings. The Morgan fingerprint density at radius 2 is 1.87 bits per heavy atom. The number of hydrogen-bond acceptors (Lipinski definition) is 3. The van der Waals surface area contributed by atoms with Gasteiger partial charge in [0.15, 0.2) is 5.65 Å². The molecule has 1 aliphatic rings. The smallest absolute Gasteiger partial charge is 0.276 e. The quantitative estimate of drug-likeness (QED) is 0.528. The van der Waals surface area contributed by atoms with Gasteiger partial charge in [-0.2, -0.15) is 0 Å². The van der Waals surface area contributed by atoms with Crippen LogP contribution in [0.25, 0.3) is 16.7 Å². The van der Waals surface area contributed by atoms with Crippen molar-refractivity contribution in [3.05, 3.63) is 82.4 Å². The second-order valence-corrected chi connectivity index (χ2v) is 8.18. The van der Waals surface area contributed by atoms with Gasteiger partial charge in [-0.1, -0.05) is 19.1 Å². The van der Waals surface area contributed by atoms with E-state index < -0.39 is 0 Å². The number of nitrogens with zero attached hydrogens (tertiary/aromatic N) is 4. The molecule has 4 aromatic rings. The highest BCUT2D eigenvalue weighted by Crippen LogP contribution is 2.19. The molecule has 0 bridgehead atoms. The summed E-state index contributed by atoms with van der Waals surface area (Å²) in [5.74, 6) is 0.748. The van der Waals surface area contributed by atoms with E-state index in [1.807, 2.05) is 64.0 Å². The fourth-order valence-electron chi connectivity index (χ4n) is 4.31. The molecule has 0 atom stereocenters. The molecule has 1 aliphatic heterocycles. The first-order valence-corrected chi connectivity index (χ1v) is 10.4. The van der Waals surface area contributed by atoms with Gasteiger partial charge in [-0.15, -0.1) is 0 Å². The van der Waals surface area contributed by atoms with E-state index in [0.717, 1.165) is 37.0 Å². The van der Waals surface area contributed by atoms with E-state index in [9.17, 15) is 9.59 Å². The van der Waals surface area contributed by atoms with E-state index >= 15 is 0 Å². The molecule has 0 radical (unpaired) electrons. The maximum absolute atomic E-state index is 13.1. The predicted molar refractivity (Wildman–Crippen MR) is 117 cm³/mol. The third-order valence-electron chi connectivity index (χ3n) is 6.08. The van der Waals surface area contributed by atoms with Crippen molar-refractivity contribution in [3.8, 4) is 0 Å². The first-order chi connectivity index (χ1) is 14.6. The molecule has 0 saturated carbocycles. The Labute approximate surface area is 174 Å². The lowest BCUT2D eigenvalue weighted by Crippen LogP contribution is -2.37. The molecule has 1 amide bonds. The van der Waals surface area contributed by atoms with Gasteiger partial charge in [-0.25, -0.2) is 4.98 Å². The third kappa shape index (κ3) is 3.18. The molecule has 0 spiro atoms. The molecule has 0 unspecified atom stereocenters. The minimum absolute atomic E-state index is 0.0705. The molecule has 1 aromatic carbocycles. The molecule has 6 heteroatoms. The van der Waals surface area contributed by atoms with Gasteiger partial charge in [0.1, 0.15) is 5.52 Å². The zero-order valence-corrected chi connectivity index (χ0v) is 17.0. The summed E-state index contributed by atoms with van der Waals surface area (Å²) in [5, 5.41) is 0. The van der Waals surface area contributed by atoms with Gasteiger partial charge in [-0.3, -0.25) is 14.2 Å². The number of pyridine rings is 1. The van der Waals surface area contributed by atoms with Crippen LogP contribution in [0.5, 0.6) is 0 Å². The Morgan fingerprint density at radius 3 is 2.70 bits per heavy atom. The van der Waals surface area contributed by atoms with Gasteiger partial charge >= 0.3 is 0 Å². The lowest BCUT2D eigenvalue weighted by atomic mass is 9.98. The highest BCUT2D eigenvalue weighted by molar-refractivity contribution is 5.94. The van der Waals surface area contributed by atoms with E-state index in [0.29, 0.717) is 29.2 Å². The van der Waals surface area contributed by atoms with Gasteiger partial charge in [0.25, 0.3) is 11.5 Å². The summed E-state index contributed by atoms with van der Waals surface area (Å²) < 4.78 is 3.56. The maximum Gasteiger partial charge on any atom is 0.276 e. The van der Waals surface area contributed by atoms with E-state index in [1.165, 1.54) is 0 Å². The van der Waals surface area contributed by atoms with E-state index in [-0.39, 0.29) is 11.5 Å². The van der Waals surface area contributed by atoms with Crippen LogP contribution in [-0.4, -0.2) is 37.8 Å². The summed E-state index contributed by atoms with van der Waals surface area (Å²) in [6.45, 7) is 4.22. The van der Waals surface area contributed by atoms with Crippen LogP contribution in [-0.2, 0) is 6.54 Å². The number of amides is 1. The summed E-state index contributed by atoms with van der Waals surface area (Å²) >= 11 is 0. The van der Waals surface area contributed by atoms with Crippen LogP contribution in [0.1, 0.15) is 35.7 Å². The lowest BCUT2D eigenvalue weighted by Gasteiger charge is -2.30. The summed E-state index contributed by atoms with van der Waals surface area (Å²) in [6.07, 6.45) is 5.68. The van der Waals surface area contributed by atoms with Crippen LogP contribution in [0.2, 0.25) is 0 Å². The molecule has 0 aliphatic carbocycles. The van der Waals surface area contributed by atoms with E-state index in [1.54, 1.807) is 10.8 Å². The van der Waals surface area contributed by atoms with Crippen molar-refractivity contribution in [1.29, 1.82) is 0 Å². The molecular formula is C24H24N4O2. The average molecular weight is 400 g/mol. The maximum atomic E-state index is 13.1. The lowest BCUT2D eigenvalue weighted by molar-refractivity contribution is 0.0697. The van der Waals surface area contributed by atoms with Gasteiger partial charge in [0.05, 0.1) is 12.1 Å². The Kier molecular flexibility index (Phi) is 4.62. The summed E-state index contributed by atoms with van der Waals surface area (Å²) in [6, 6.07) is 15.1. The second-order valence-electron chi connectivity index (χ2n) is 8.18. The highest BCUT2D eigenvalue weighted by Gasteiger charge is 2.21. The monoisotopic (exact) mass is 400 g/mol. The van der Waals surface area contributed by atoms with Crippen molar-refractivity contribution in [1.82, 2.24) is 18.9 Å². The predicted octanol–water partition coefficient (Wildman–Crippen LogP) is 3.57. The highest BCUT2D eigenvalue weighted by atomic mass is 16.2. The Bertz CT molecular complexity index is 1300. The Balaban J connectivity index is 1.51. The second kappa shape index (κ2) is 7.44. The standard InChI is InChI=1S/C24H24N4O2/c1-17-9-13-26(14-10-17)23(29)19-6-2-5-18(15-19)16-28-22-20(7-3-11-25-22)27-12-4-8-21(27)24(28)30/h2-8,11-12,15,17H,9-10,13-14,16H2,1H3. The topological polar surface area (TPSA) is 59.6 Å². The number of benzene rings is 1. The van der Waals surface area contributed by atoms with Gasteiger partial charge < -0.3 is 9.30 Å². The number of carbonyl (C=O) groups excluding carboxylic acids is 1. The summed E-state index contributed by atoms with van der Waals surface area (Å²) in [5.41, 5.74) is 3.63. The molecule has 6 nitrogen and oxygen atoms in total. The number of likely N-dealkylation sites (tertiary alicyclic amines) is 1. The Hall–Kier alpha value is -3.41. The van der Waals surface area contributed by atoms with Crippen LogP contribution < -0.4 is 5.56 Å². The average Bonchev–Trinajstić information content (AvgIpc) is 3.27. The molecule has 0 N–H and O–H groups in total. The number of fused-ring (bicyclic) bond motifs is 3. The number of carbonyl (C=O) groups is 1. The largest absolute Gasteiger partial charge is 0.339 e. The minimum atomic E-state index is -0.0899. The van der Waals surface area contributed by atoms with Crippen LogP contribution in [0.3, 0.4) is 0 Å². The summed E-state index contributed by atoms with van der Waals surface area (Å²) in [4.78, 5) is 32.5. The summed E-state index contributed by atoms with van der Waals surface area (Å²) in [7, 11) is 0. The fourth-order valence-corrected chi connectivity index (χ4v) is 4.31. The van der Waals surface area contributed by atoms with Crippen molar-refractivity contribution in [2.75, 3.05) is 13.1 Å². The zero-order chi connectivity index (χ0) is 20.7. The van der Waals surface area contributed by atoms with E-state index in [4.69, 9.17) is 0 Å². The van der Waals surface area contributed by atoms with Gasteiger partial charge in [0, 0.05) is 31.0 Å². The van der Waals surface area contributed by atoms with Gasteiger partial charge in [0.2, 0.25) is 0 Å². The van der Waals surface area contributed by atoms with Crippen LogP contribution in [0, 0.1) is 5.92 Å². The Morgan fingerprint density at radius 1 is 1.07 bits per heavy atom. The zero-order valence-electron chi connectivity index (χ0n) is 17.0. The van der Waals surface area contributed by atoms with Gasteiger partial charge in [-0.05, 0) is 60.7 Å². The molecule has 152 valence electrons. The number of piperidine rings is 1. The van der Waals surface area contributed by atoms with Crippen molar-refractivity contribution < 1.29 is 4.79 Å². The molecule has 5 rings (SSSR count). The number of aromatic nitrogens is 3. The first kappa shape index (κ1) is 18.6.